The van der Waals surface area contributed by atoms with Crippen LogP contribution in [0.1, 0.15) is 18.1 Å². The van der Waals surface area contributed by atoms with Crippen LogP contribution in [0.15, 0.2) is 59.5 Å². The number of hydrogen-bond acceptors (Lipinski definition) is 4. The van der Waals surface area contributed by atoms with Gasteiger partial charge in [-0.25, -0.2) is 4.79 Å². The Morgan fingerprint density at radius 2 is 1.90 bits per heavy atom. The molecule has 0 radical (unpaired) electrons. The quantitative estimate of drug-likeness (QED) is 0.683. The molecular formula is C20H21F3N2O3S. The van der Waals surface area contributed by atoms with Crippen LogP contribution in [0.3, 0.4) is 0 Å². The smallest absolute Gasteiger partial charge is 0.388 e. The van der Waals surface area contributed by atoms with Crippen molar-refractivity contribution in [2.45, 2.75) is 29.0 Å². The molecule has 1 aliphatic heterocycles. The van der Waals surface area contributed by atoms with Gasteiger partial charge in [-0.05, 0) is 41.6 Å². The lowest BCUT2D eigenvalue weighted by atomic mass is 10.0. The van der Waals surface area contributed by atoms with E-state index in [0.717, 1.165) is 5.56 Å². The summed E-state index contributed by atoms with van der Waals surface area (Å²) < 4.78 is 42.7. The second-order valence-electron chi connectivity index (χ2n) is 6.59. The molecular weight excluding hydrogens is 405 g/mol. The van der Waals surface area contributed by atoms with Crippen LogP contribution in [-0.4, -0.2) is 47.3 Å². The Labute approximate surface area is 170 Å². The summed E-state index contributed by atoms with van der Waals surface area (Å²) in [7, 11) is 0. The van der Waals surface area contributed by atoms with E-state index in [2.05, 4.69) is 5.32 Å². The molecule has 9 heteroatoms. The number of anilines is 1. The first-order chi connectivity index (χ1) is 13.8. The SMILES string of the molecule is O=C(Nc1ccc(SC(F)(F)F)cc1)N1CCOCC1CC(O)c1ccccc1. The van der Waals surface area contributed by atoms with Crippen molar-refractivity contribution in [2.24, 2.45) is 0 Å². The molecule has 2 atom stereocenters. The monoisotopic (exact) mass is 426 g/mol. The Balaban J connectivity index is 1.62. The standard InChI is InChI=1S/C20H21F3N2O3S/c21-20(22,23)29-17-8-6-15(7-9-17)24-19(27)25-10-11-28-13-16(25)12-18(26)14-4-2-1-3-5-14/h1-9,16,18,26H,10-13H2,(H,24,27). The van der Waals surface area contributed by atoms with E-state index in [1.54, 1.807) is 4.90 Å². The maximum absolute atomic E-state index is 12.7. The molecule has 0 aromatic heterocycles. The lowest BCUT2D eigenvalue weighted by molar-refractivity contribution is -0.0328. The van der Waals surface area contributed by atoms with Gasteiger partial charge in [-0.1, -0.05) is 30.3 Å². The van der Waals surface area contributed by atoms with Crippen LogP contribution >= 0.6 is 11.8 Å². The molecule has 0 bridgehead atoms. The van der Waals surface area contributed by atoms with Gasteiger partial charge in [0.1, 0.15) is 0 Å². The molecule has 2 aromatic rings. The van der Waals surface area contributed by atoms with E-state index < -0.39 is 11.6 Å². The van der Waals surface area contributed by atoms with Gasteiger partial charge in [0.25, 0.3) is 0 Å². The maximum Gasteiger partial charge on any atom is 0.446 e. The summed E-state index contributed by atoms with van der Waals surface area (Å²) >= 11 is -0.206. The number of morpholine rings is 1. The number of aliphatic hydroxyl groups is 1. The van der Waals surface area contributed by atoms with Crippen molar-refractivity contribution < 1.29 is 27.8 Å². The van der Waals surface area contributed by atoms with E-state index in [9.17, 15) is 23.1 Å². The molecule has 2 aromatic carbocycles. The van der Waals surface area contributed by atoms with Crippen molar-refractivity contribution in [3.05, 3.63) is 60.2 Å². The van der Waals surface area contributed by atoms with Gasteiger partial charge in [0.2, 0.25) is 0 Å². The van der Waals surface area contributed by atoms with Gasteiger partial charge in [-0.2, -0.15) is 13.2 Å². The van der Waals surface area contributed by atoms with Crippen LogP contribution in [0.2, 0.25) is 0 Å². The van der Waals surface area contributed by atoms with E-state index in [-0.39, 0.29) is 28.7 Å². The van der Waals surface area contributed by atoms with Gasteiger partial charge in [0, 0.05) is 23.5 Å². The molecule has 1 saturated heterocycles. The van der Waals surface area contributed by atoms with Gasteiger partial charge >= 0.3 is 11.5 Å². The summed E-state index contributed by atoms with van der Waals surface area (Å²) in [6.07, 6.45) is -0.421. The molecule has 5 nitrogen and oxygen atoms in total. The van der Waals surface area contributed by atoms with Crippen LogP contribution in [-0.2, 0) is 4.74 Å². The highest BCUT2D eigenvalue weighted by molar-refractivity contribution is 8.00. The highest BCUT2D eigenvalue weighted by Gasteiger charge is 2.30. The molecule has 1 aliphatic rings. The molecule has 2 amide bonds. The van der Waals surface area contributed by atoms with Crippen molar-refractivity contribution >= 4 is 23.5 Å². The number of nitrogens with one attached hydrogen (secondary N) is 1. The second kappa shape index (κ2) is 9.51. The Hall–Kier alpha value is -2.23. The molecule has 2 N–H and O–H groups in total. The first-order valence-electron chi connectivity index (χ1n) is 9.06. The molecule has 156 valence electrons. The molecule has 29 heavy (non-hydrogen) atoms. The van der Waals surface area contributed by atoms with Crippen LogP contribution < -0.4 is 5.32 Å². The van der Waals surface area contributed by atoms with Gasteiger partial charge in [0.05, 0.1) is 25.4 Å². The molecule has 0 aliphatic carbocycles. The van der Waals surface area contributed by atoms with Gasteiger partial charge in [0.15, 0.2) is 0 Å². The van der Waals surface area contributed by atoms with E-state index >= 15 is 0 Å². The van der Waals surface area contributed by atoms with Gasteiger partial charge in [-0.3, -0.25) is 0 Å². The van der Waals surface area contributed by atoms with Crippen molar-refractivity contribution in [2.75, 3.05) is 25.1 Å². The summed E-state index contributed by atoms with van der Waals surface area (Å²) in [5, 5.41) is 13.2. The summed E-state index contributed by atoms with van der Waals surface area (Å²) in [6, 6.07) is 13.9. The largest absolute Gasteiger partial charge is 0.446 e. The summed E-state index contributed by atoms with van der Waals surface area (Å²) in [5.41, 5.74) is -3.20. The first kappa shape index (κ1) is 21.5. The number of thioether (sulfide) groups is 1. The third kappa shape index (κ3) is 6.38. The summed E-state index contributed by atoms with van der Waals surface area (Å²) in [6.45, 7) is 1.05. The number of hydrogen-bond donors (Lipinski definition) is 2. The number of carbonyl (C=O) groups excluding carboxylic acids is 1. The van der Waals surface area contributed by atoms with E-state index in [1.165, 1.54) is 24.3 Å². The molecule has 0 spiro atoms. The summed E-state index contributed by atoms with van der Waals surface area (Å²) in [4.78, 5) is 14.3. The highest BCUT2D eigenvalue weighted by Crippen LogP contribution is 2.37. The lowest BCUT2D eigenvalue weighted by Gasteiger charge is -2.36. The third-order valence-electron chi connectivity index (χ3n) is 4.51. The lowest BCUT2D eigenvalue weighted by Crippen LogP contribution is -2.50. The molecule has 1 heterocycles. The highest BCUT2D eigenvalue weighted by atomic mass is 32.2. The van der Waals surface area contributed by atoms with E-state index in [0.29, 0.717) is 31.9 Å². The van der Waals surface area contributed by atoms with E-state index in [4.69, 9.17) is 4.74 Å². The minimum absolute atomic E-state index is 0.0470. The van der Waals surface area contributed by atoms with Crippen LogP contribution in [0.4, 0.5) is 23.7 Å². The van der Waals surface area contributed by atoms with Crippen molar-refractivity contribution in [1.29, 1.82) is 0 Å². The molecule has 3 rings (SSSR count). The average molecular weight is 426 g/mol. The fourth-order valence-corrected chi connectivity index (χ4v) is 3.66. The average Bonchev–Trinajstić information content (AvgIpc) is 2.69. The number of halogens is 3. The fraction of sp³-hybridized carbons (Fsp3) is 0.350. The Morgan fingerprint density at radius 3 is 2.55 bits per heavy atom. The van der Waals surface area contributed by atoms with Crippen LogP contribution in [0.5, 0.6) is 0 Å². The summed E-state index contributed by atoms with van der Waals surface area (Å²) in [5.74, 6) is 0. The number of aliphatic hydroxyl groups excluding tert-OH is 1. The normalized spacial score (nSPS) is 18.3. The molecule has 1 fully saturated rings. The maximum atomic E-state index is 12.7. The number of nitrogens with zero attached hydrogens (tertiary/aromatic N) is 1. The minimum atomic E-state index is -4.36. The second-order valence-corrected chi connectivity index (χ2v) is 7.73. The van der Waals surface area contributed by atoms with Crippen molar-refractivity contribution in [3.63, 3.8) is 0 Å². The minimum Gasteiger partial charge on any atom is -0.388 e. The number of amides is 2. The van der Waals surface area contributed by atoms with Crippen molar-refractivity contribution in [1.82, 2.24) is 4.90 Å². The number of benzene rings is 2. The zero-order chi connectivity index (χ0) is 20.9. The van der Waals surface area contributed by atoms with Crippen molar-refractivity contribution in [3.8, 4) is 0 Å². The number of alkyl halides is 3. The molecule has 0 saturated carbocycles. The van der Waals surface area contributed by atoms with Gasteiger partial charge < -0.3 is 20.1 Å². The fourth-order valence-electron chi connectivity index (χ4n) is 3.12. The Bertz CT molecular complexity index is 803. The number of ether oxygens (including phenoxy) is 1. The van der Waals surface area contributed by atoms with E-state index in [1.807, 2.05) is 30.3 Å². The molecule has 2 unspecified atom stereocenters. The zero-order valence-electron chi connectivity index (χ0n) is 15.4. The number of rotatable bonds is 5. The Morgan fingerprint density at radius 1 is 1.21 bits per heavy atom. The Kier molecular flexibility index (Phi) is 7.05. The zero-order valence-corrected chi connectivity index (χ0v) is 16.2. The number of carbonyl (C=O) groups is 1. The predicted molar refractivity (Wildman–Crippen MR) is 105 cm³/mol. The van der Waals surface area contributed by atoms with Crippen LogP contribution in [0, 0.1) is 0 Å². The van der Waals surface area contributed by atoms with Gasteiger partial charge in [-0.15, -0.1) is 0 Å². The first-order valence-corrected chi connectivity index (χ1v) is 9.87. The van der Waals surface area contributed by atoms with Crippen LogP contribution in [0.25, 0.3) is 0 Å². The third-order valence-corrected chi connectivity index (χ3v) is 5.25. The number of urea groups is 1. The topological polar surface area (TPSA) is 61.8 Å². The predicted octanol–water partition coefficient (Wildman–Crippen LogP) is 4.65.